The number of rotatable bonds is 10. The minimum atomic E-state index is -0.410. The van der Waals surface area contributed by atoms with E-state index >= 15 is 0 Å². The fraction of sp³-hybridized carbons (Fsp3) is 0.290. The summed E-state index contributed by atoms with van der Waals surface area (Å²) in [6, 6.07) is 17.5. The van der Waals surface area contributed by atoms with Gasteiger partial charge >= 0.3 is 5.97 Å². The van der Waals surface area contributed by atoms with Crippen LogP contribution in [0.3, 0.4) is 0 Å². The van der Waals surface area contributed by atoms with Gasteiger partial charge in [-0.1, -0.05) is 61.9 Å². The van der Waals surface area contributed by atoms with Gasteiger partial charge in [-0.15, -0.1) is 21.5 Å². The number of tetrazole rings is 1. The molecule has 10 heteroatoms. The van der Waals surface area contributed by atoms with Crippen molar-refractivity contribution in [3.05, 3.63) is 103 Å². The number of carbonyl (C=O) groups excluding carboxylic acids is 1. The van der Waals surface area contributed by atoms with Crippen LogP contribution in [0.5, 0.6) is 0 Å². The summed E-state index contributed by atoms with van der Waals surface area (Å²) in [5.41, 5.74) is 5.83. The van der Waals surface area contributed by atoms with E-state index in [1.807, 2.05) is 55.6 Å². The van der Waals surface area contributed by atoms with E-state index in [0.29, 0.717) is 29.2 Å². The van der Waals surface area contributed by atoms with Gasteiger partial charge in [0.05, 0.1) is 24.4 Å². The third-order valence-electron chi connectivity index (χ3n) is 7.26. The Morgan fingerprint density at radius 2 is 1.85 bits per heavy atom. The number of methoxy groups -OCH3 is 1. The monoisotopic (exact) mass is 568 g/mol. The van der Waals surface area contributed by atoms with Crippen molar-refractivity contribution in [2.24, 2.45) is 0 Å². The van der Waals surface area contributed by atoms with Crippen LogP contribution in [0.4, 0.5) is 0 Å². The van der Waals surface area contributed by atoms with E-state index in [-0.39, 0.29) is 11.6 Å². The zero-order chi connectivity index (χ0) is 28.9. The van der Waals surface area contributed by atoms with Gasteiger partial charge in [0.15, 0.2) is 0 Å². The number of nitrogens with zero attached hydrogens (tertiary/aromatic N) is 5. The van der Waals surface area contributed by atoms with Gasteiger partial charge in [0.1, 0.15) is 5.82 Å². The van der Waals surface area contributed by atoms with Crippen molar-refractivity contribution in [3.63, 3.8) is 0 Å². The average Bonchev–Trinajstić information content (AvgIpc) is 3.71. The molecule has 2 aromatic carbocycles. The maximum Gasteiger partial charge on any atom is 0.339 e. The number of thiophene rings is 1. The van der Waals surface area contributed by atoms with E-state index in [0.717, 1.165) is 52.1 Å². The second-order valence-electron chi connectivity index (χ2n) is 9.88. The molecule has 1 atom stereocenters. The third kappa shape index (κ3) is 5.74. The number of hydrogen-bond acceptors (Lipinski definition) is 8. The Hall–Kier alpha value is -4.44. The smallest absolute Gasteiger partial charge is 0.339 e. The van der Waals surface area contributed by atoms with Crippen molar-refractivity contribution in [1.82, 2.24) is 30.2 Å². The molecule has 41 heavy (non-hydrogen) atoms. The lowest BCUT2D eigenvalue weighted by atomic mass is 9.96. The first-order chi connectivity index (χ1) is 19.9. The lowest BCUT2D eigenvalue weighted by Gasteiger charge is -2.21. The lowest BCUT2D eigenvalue weighted by Crippen LogP contribution is -2.32. The SMILES string of the molecule is CCCCc1nc(C)n(C(C)c2sccc2C(=O)OC)c(=O)c1Cc1ccc(-c2ccccc2-c2nn[nH]n2)cc1. The Morgan fingerprint density at radius 1 is 1.10 bits per heavy atom. The van der Waals surface area contributed by atoms with Crippen LogP contribution in [0.1, 0.15) is 70.6 Å². The maximum absolute atomic E-state index is 14.1. The standard InChI is InChI=1S/C31H32N6O3S/c1-5-6-11-27-26(30(38)37(20(3)32-27)19(2)28-25(16-17-41-28)31(39)40-4)18-21-12-14-22(15-13-21)23-9-7-8-10-24(23)29-33-35-36-34-29/h7-10,12-17,19H,5-6,11,18H2,1-4H3,(H,33,34,35,36). The Kier molecular flexibility index (Phi) is 8.49. The van der Waals surface area contributed by atoms with Crippen LogP contribution < -0.4 is 5.56 Å². The summed E-state index contributed by atoms with van der Waals surface area (Å²) in [6.45, 7) is 5.92. The number of aromatic amines is 1. The van der Waals surface area contributed by atoms with Gasteiger partial charge < -0.3 is 4.74 Å². The normalized spacial score (nSPS) is 11.9. The van der Waals surface area contributed by atoms with E-state index in [4.69, 9.17) is 9.72 Å². The Bertz CT molecular complexity index is 1710. The number of aromatic nitrogens is 6. The summed E-state index contributed by atoms with van der Waals surface area (Å²) in [6.07, 6.45) is 3.14. The van der Waals surface area contributed by atoms with Gasteiger partial charge in [0, 0.05) is 22.4 Å². The molecule has 9 nitrogen and oxygen atoms in total. The van der Waals surface area contributed by atoms with Crippen LogP contribution >= 0.6 is 11.3 Å². The van der Waals surface area contributed by atoms with Gasteiger partial charge in [0.2, 0.25) is 5.82 Å². The first kappa shape index (κ1) is 28.1. The molecular formula is C31H32N6O3S. The van der Waals surface area contributed by atoms with E-state index in [1.165, 1.54) is 18.4 Å². The molecule has 0 aliphatic rings. The molecule has 3 aromatic heterocycles. The minimum Gasteiger partial charge on any atom is -0.465 e. The highest BCUT2D eigenvalue weighted by Gasteiger charge is 2.24. The van der Waals surface area contributed by atoms with E-state index < -0.39 is 5.97 Å². The number of unbranched alkanes of at least 4 members (excludes halogenated alkanes) is 1. The number of aryl methyl sites for hydroxylation is 2. The number of esters is 1. The molecule has 0 amide bonds. The summed E-state index contributed by atoms with van der Waals surface area (Å²) >= 11 is 1.44. The van der Waals surface area contributed by atoms with Crippen molar-refractivity contribution in [3.8, 4) is 22.5 Å². The summed E-state index contributed by atoms with van der Waals surface area (Å²) < 4.78 is 6.68. The van der Waals surface area contributed by atoms with E-state index in [2.05, 4.69) is 39.7 Å². The van der Waals surface area contributed by atoms with Crippen molar-refractivity contribution >= 4 is 17.3 Å². The number of benzene rings is 2. The van der Waals surface area contributed by atoms with Crippen LogP contribution in [0, 0.1) is 6.92 Å². The van der Waals surface area contributed by atoms with Gasteiger partial charge in [-0.3, -0.25) is 9.36 Å². The van der Waals surface area contributed by atoms with Crippen LogP contribution in [0.25, 0.3) is 22.5 Å². The van der Waals surface area contributed by atoms with Crippen LogP contribution in [0.2, 0.25) is 0 Å². The van der Waals surface area contributed by atoms with Gasteiger partial charge in [-0.2, -0.15) is 5.21 Å². The second kappa shape index (κ2) is 12.4. The van der Waals surface area contributed by atoms with Gasteiger partial charge in [0.25, 0.3) is 5.56 Å². The fourth-order valence-electron chi connectivity index (χ4n) is 5.17. The van der Waals surface area contributed by atoms with Crippen molar-refractivity contribution in [2.75, 3.05) is 7.11 Å². The second-order valence-corrected chi connectivity index (χ2v) is 10.8. The summed E-state index contributed by atoms with van der Waals surface area (Å²) in [7, 11) is 1.36. The number of ether oxygens (including phenoxy) is 1. The molecule has 3 heterocycles. The predicted molar refractivity (Wildman–Crippen MR) is 159 cm³/mol. The van der Waals surface area contributed by atoms with Crippen LogP contribution in [-0.4, -0.2) is 43.3 Å². The molecule has 0 aliphatic carbocycles. The highest BCUT2D eigenvalue weighted by molar-refractivity contribution is 7.10. The van der Waals surface area contributed by atoms with Crippen molar-refractivity contribution in [2.45, 2.75) is 52.5 Å². The van der Waals surface area contributed by atoms with Gasteiger partial charge in [-0.25, -0.2) is 9.78 Å². The summed E-state index contributed by atoms with van der Waals surface area (Å²) in [5.74, 6) is 0.759. The molecule has 0 aliphatic heterocycles. The molecule has 0 saturated carbocycles. The maximum atomic E-state index is 14.1. The number of carbonyl (C=O) groups is 1. The Morgan fingerprint density at radius 3 is 2.54 bits per heavy atom. The molecule has 1 unspecified atom stereocenters. The zero-order valence-electron chi connectivity index (χ0n) is 23.5. The Balaban J connectivity index is 1.51. The molecular weight excluding hydrogens is 536 g/mol. The first-order valence-corrected chi connectivity index (χ1v) is 14.5. The molecule has 5 aromatic rings. The highest BCUT2D eigenvalue weighted by Crippen LogP contribution is 2.31. The third-order valence-corrected chi connectivity index (χ3v) is 8.35. The largest absolute Gasteiger partial charge is 0.465 e. The summed E-state index contributed by atoms with van der Waals surface area (Å²) in [4.78, 5) is 32.2. The summed E-state index contributed by atoms with van der Waals surface area (Å²) in [5, 5.41) is 16.3. The molecule has 0 fully saturated rings. The first-order valence-electron chi connectivity index (χ1n) is 13.6. The Labute approximate surface area is 242 Å². The number of nitrogens with one attached hydrogen (secondary N) is 1. The lowest BCUT2D eigenvalue weighted by molar-refractivity contribution is 0.0599. The molecule has 1 N–H and O–H groups in total. The minimum absolute atomic E-state index is 0.0770. The quantitative estimate of drug-likeness (QED) is 0.212. The van der Waals surface area contributed by atoms with Crippen molar-refractivity contribution in [1.29, 1.82) is 0 Å². The van der Waals surface area contributed by atoms with Crippen LogP contribution in [0.15, 0.2) is 64.8 Å². The molecule has 0 bridgehead atoms. The van der Waals surface area contributed by atoms with Crippen molar-refractivity contribution < 1.29 is 9.53 Å². The van der Waals surface area contributed by atoms with E-state index in [9.17, 15) is 9.59 Å². The molecule has 0 radical (unpaired) electrons. The topological polar surface area (TPSA) is 116 Å². The number of hydrogen-bond donors (Lipinski definition) is 1. The van der Waals surface area contributed by atoms with Gasteiger partial charge in [-0.05, 0) is 60.0 Å². The fourth-order valence-corrected chi connectivity index (χ4v) is 6.10. The highest BCUT2D eigenvalue weighted by atomic mass is 32.1. The average molecular weight is 569 g/mol. The van der Waals surface area contributed by atoms with Crippen LogP contribution in [-0.2, 0) is 17.6 Å². The zero-order valence-corrected chi connectivity index (χ0v) is 24.4. The predicted octanol–water partition coefficient (Wildman–Crippen LogP) is 5.79. The molecule has 0 spiro atoms. The molecule has 0 saturated heterocycles. The molecule has 210 valence electrons. The molecule has 5 rings (SSSR count). The van der Waals surface area contributed by atoms with E-state index in [1.54, 1.807) is 10.6 Å². The number of H-pyrrole nitrogens is 1.